The number of nitrogens with one attached hydrogen (secondary N) is 3. The van der Waals surface area contributed by atoms with Gasteiger partial charge in [0, 0.05) is 22.6 Å². The SMILES string of the molecule is O=C(Cn1c(-c2ccccc2)cc2ccccc21)NNC(=O)C(=O)NC1CC1. The summed E-state index contributed by atoms with van der Waals surface area (Å²) in [6.07, 6.45) is 1.77. The summed E-state index contributed by atoms with van der Waals surface area (Å²) in [5, 5.41) is 3.59. The van der Waals surface area contributed by atoms with Crippen LogP contribution in [0.4, 0.5) is 0 Å². The molecular weight excluding hydrogens is 356 g/mol. The third kappa shape index (κ3) is 3.88. The molecule has 1 fully saturated rings. The van der Waals surface area contributed by atoms with Gasteiger partial charge < -0.3 is 9.88 Å². The van der Waals surface area contributed by atoms with Crippen LogP contribution in [0.25, 0.3) is 22.2 Å². The van der Waals surface area contributed by atoms with Gasteiger partial charge in [-0.15, -0.1) is 0 Å². The molecule has 7 nitrogen and oxygen atoms in total. The van der Waals surface area contributed by atoms with Gasteiger partial charge in [-0.25, -0.2) is 0 Å². The molecule has 0 spiro atoms. The molecule has 3 N–H and O–H groups in total. The Morgan fingerprint density at radius 3 is 2.36 bits per heavy atom. The minimum atomic E-state index is -0.874. The van der Waals surface area contributed by atoms with E-state index in [2.05, 4.69) is 16.2 Å². The molecule has 0 bridgehead atoms. The molecule has 1 saturated carbocycles. The second-order valence-corrected chi connectivity index (χ2v) is 6.79. The van der Waals surface area contributed by atoms with E-state index in [1.807, 2.05) is 65.2 Å². The number of rotatable bonds is 4. The van der Waals surface area contributed by atoms with Crippen molar-refractivity contribution in [3.8, 4) is 11.3 Å². The Labute approximate surface area is 161 Å². The molecule has 7 heteroatoms. The molecule has 1 aromatic heterocycles. The monoisotopic (exact) mass is 376 g/mol. The molecule has 0 radical (unpaired) electrons. The molecule has 3 aromatic rings. The van der Waals surface area contributed by atoms with Crippen molar-refractivity contribution in [2.45, 2.75) is 25.4 Å². The average molecular weight is 376 g/mol. The molecule has 0 saturated heterocycles. The zero-order chi connectivity index (χ0) is 19.5. The molecule has 0 atom stereocenters. The van der Waals surface area contributed by atoms with E-state index in [0.29, 0.717) is 0 Å². The molecule has 0 aliphatic heterocycles. The Morgan fingerprint density at radius 2 is 1.61 bits per heavy atom. The minimum Gasteiger partial charge on any atom is -0.345 e. The van der Waals surface area contributed by atoms with Crippen LogP contribution in [0, 0.1) is 0 Å². The van der Waals surface area contributed by atoms with Gasteiger partial charge in [-0.1, -0.05) is 48.5 Å². The lowest BCUT2D eigenvalue weighted by atomic mass is 10.1. The number of nitrogens with zero attached hydrogens (tertiary/aromatic N) is 1. The number of fused-ring (bicyclic) bond motifs is 1. The first-order valence-corrected chi connectivity index (χ1v) is 9.15. The maximum atomic E-state index is 12.4. The number of aromatic nitrogens is 1. The van der Waals surface area contributed by atoms with Crippen LogP contribution in [0.1, 0.15) is 12.8 Å². The Hall–Kier alpha value is -3.61. The maximum absolute atomic E-state index is 12.4. The Morgan fingerprint density at radius 1 is 0.893 bits per heavy atom. The number of carbonyl (C=O) groups excluding carboxylic acids is 3. The van der Waals surface area contributed by atoms with Crippen molar-refractivity contribution in [3.05, 3.63) is 60.7 Å². The van der Waals surface area contributed by atoms with E-state index in [9.17, 15) is 14.4 Å². The lowest BCUT2D eigenvalue weighted by Crippen LogP contribution is -2.49. The topological polar surface area (TPSA) is 92.2 Å². The molecule has 1 heterocycles. The zero-order valence-corrected chi connectivity index (χ0v) is 15.1. The fourth-order valence-corrected chi connectivity index (χ4v) is 3.07. The highest BCUT2D eigenvalue weighted by atomic mass is 16.2. The summed E-state index contributed by atoms with van der Waals surface area (Å²) in [4.78, 5) is 35.8. The Balaban J connectivity index is 1.49. The van der Waals surface area contributed by atoms with Gasteiger partial charge in [-0.2, -0.15) is 0 Å². The van der Waals surface area contributed by atoms with Crippen molar-refractivity contribution in [3.63, 3.8) is 0 Å². The number of hydrazine groups is 1. The van der Waals surface area contributed by atoms with Crippen LogP contribution in [0.2, 0.25) is 0 Å². The number of para-hydroxylation sites is 1. The maximum Gasteiger partial charge on any atom is 0.327 e. The summed E-state index contributed by atoms with van der Waals surface area (Å²) in [5.74, 6) is -2.04. The zero-order valence-electron chi connectivity index (χ0n) is 15.1. The molecule has 1 aliphatic rings. The number of benzene rings is 2. The average Bonchev–Trinajstić information content (AvgIpc) is 3.46. The lowest BCUT2D eigenvalue weighted by Gasteiger charge is -2.12. The van der Waals surface area contributed by atoms with Gasteiger partial charge in [-0.3, -0.25) is 25.2 Å². The second kappa shape index (κ2) is 7.56. The molecule has 142 valence electrons. The summed E-state index contributed by atoms with van der Waals surface area (Å²) >= 11 is 0. The van der Waals surface area contributed by atoms with Crippen LogP contribution in [0.3, 0.4) is 0 Å². The van der Waals surface area contributed by atoms with Crippen molar-refractivity contribution in [2.75, 3.05) is 0 Å². The lowest BCUT2D eigenvalue weighted by molar-refractivity contribution is -0.141. The Kier molecular flexibility index (Phi) is 4.80. The van der Waals surface area contributed by atoms with Crippen molar-refractivity contribution in [2.24, 2.45) is 0 Å². The summed E-state index contributed by atoms with van der Waals surface area (Å²) in [6.45, 7) is 0.00225. The molecule has 4 rings (SSSR count). The van der Waals surface area contributed by atoms with E-state index >= 15 is 0 Å². The predicted molar refractivity (Wildman–Crippen MR) is 105 cm³/mol. The van der Waals surface area contributed by atoms with Gasteiger partial charge in [0.15, 0.2) is 0 Å². The quantitative estimate of drug-likeness (QED) is 0.478. The van der Waals surface area contributed by atoms with Crippen molar-refractivity contribution < 1.29 is 14.4 Å². The molecule has 2 aromatic carbocycles. The van der Waals surface area contributed by atoms with Gasteiger partial charge in [-0.05, 0) is 30.5 Å². The predicted octanol–water partition coefficient (Wildman–Crippen LogP) is 1.73. The molecule has 3 amide bonds. The summed E-state index contributed by atoms with van der Waals surface area (Å²) in [7, 11) is 0. The standard InChI is InChI=1S/C21H20N4O3/c26-19(23-24-21(28)20(27)22-16-10-11-16)13-25-17-9-5-4-8-15(17)12-18(25)14-6-2-1-3-7-14/h1-9,12,16H,10-11,13H2,(H,22,27)(H,23,26)(H,24,28). The minimum absolute atomic E-state index is 0.00225. The van der Waals surface area contributed by atoms with Gasteiger partial charge >= 0.3 is 11.8 Å². The fraction of sp³-hybridized carbons (Fsp3) is 0.190. The van der Waals surface area contributed by atoms with Crippen molar-refractivity contribution in [1.29, 1.82) is 0 Å². The van der Waals surface area contributed by atoms with E-state index in [0.717, 1.165) is 35.0 Å². The smallest absolute Gasteiger partial charge is 0.327 e. The van der Waals surface area contributed by atoms with E-state index in [1.54, 1.807) is 0 Å². The van der Waals surface area contributed by atoms with Gasteiger partial charge in [0.1, 0.15) is 6.54 Å². The molecule has 28 heavy (non-hydrogen) atoms. The van der Waals surface area contributed by atoms with Crippen LogP contribution in [-0.2, 0) is 20.9 Å². The van der Waals surface area contributed by atoms with Gasteiger partial charge in [0.05, 0.1) is 0 Å². The summed E-state index contributed by atoms with van der Waals surface area (Å²) < 4.78 is 1.89. The van der Waals surface area contributed by atoms with Crippen molar-refractivity contribution >= 4 is 28.6 Å². The number of amides is 3. The first kappa shape index (κ1) is 17.8. The highest BCUT2D eigenvalue weighted by Gasteiger charge is 2.26. The van der Waals surface area contributed by atoms with Crippen LogP contribution in [-0.4, -0.2) is 28.3 Å². The fourth-order valence-electron chi connectivity index (χ4n) is 3.07. The largest absolute Gasteiger partial charge is 0.345 e. The first-order chi connectivity index (χ1) is 13.6. The van der Waals surface area contributed by atoms with Crippen LogP contribution >= 0.6 is 0 Å². The van der Waals surface area contributed by atoms with Crippen LogP contribution < -0.4 is 16.2 Å². The van der Waals surface area contributed by atoms with E-state index in [4.69, 9.17) is 0 Å². The van der Waals surface area contributed by atoms with Gasteiger partial charge in [0.25, 0.3) is 5.91 Å². The summed E-state index contributed by atoms with van der Waals surface area (Å²) in [6, 6.07) is 19.7. The van der Waals surface area contributed by atoms with Crippen LogP contribution in [0.15, 0.2) is 60.7 Å². The van der Waals surface area contributed by atoms with Crippen LogP contribution in [0.5, 0.6) is 0 Å². The molecule has 1 aliphatic carbocycles. The number of carbonyl (C=O) groups is 3. The first-order valence-electron chi connectivity index (χ1n) is 9.15. The van der Waals surface area contributed by atoms with E-state index in [-0.39, 0.29) is 12.6 Å². The second-order valence-electron chi connectivity index (χ2n) is 6.79. The molecule has 0 unspecified atom stereocenters. The molecular formula is C21H20N4O3. The number of hydrogen-bond acceptors (Lipinski definition) is 3. The third-order valence-corrected chi connectivity index (χ3v) is 4.62. The van der Waals surface area contributed by atoms with Crippen molar-refractivity contribution in [1.82, 2.24) is 20.7 Å². The summed E-state index contributed by atoms with van der Waals surface area (Å²) in [5.41, 5.74) is 7.28. The normalized spacial score (nSPS) is 13.1. The Bertz CT molecular complexity index is 1040. The van der Waals surface area contributed by atoms with Gasteiger partial charge in [0.2, 0.25) is 0 Å². The third-order valence-electron chi connectivity index (χ3n) is 4.62. The number of hydrogen-bond donors (Lipinski definition) is 3. The van der Waals surface area contributed by atoms with E-state index in [1.165, 1.54) is 0 Å². The highest BCUT2D eigenvalue weighted by Crippen LogP contribution is 2.28. The highest BCUT2D eigenvalue weighted by molar-refractivity contribution is 6.35. The van der Waals surface area contributed by atoms with E-state index < -0.39 is 17.7 Å².